The topological polar surface area (TPSA) is 466 Å². The first-order chi connectivity index (χ1) is 30.1. The summed E-state index contributed by atoms with van der Waals surface area (Å²) in [6.45, 7) is 6.92. The Morgan fingerprint density at radius 3 is 1.00 bits per heavy atom. The lowest BCUT2D eigenvalue weighted by Gasteiger charge is -2.11. The van der Waals surface area contributed by atoms with Gasteiger partial charge in [-0.15, -0.1) is 20.4 Å². The van der Waals surface area contributed by atoms with Crippen LogP contribution >= 0.6 is 0 Å². The molecule has 0 spiro atoms. The molecule has 0 bridgehead atoms. The molecule has 0 saturated heterocycles. The largest absolute Gasteiger partial charge is 0.481 e. The van der Waals surface area contributed by atoms with Crippen molar-refractivity contribution >= 4 is 81.8 Å². The van der Waals surface area contributed by atoms with Crippen molar-refractivity contribution in [2.45, 2.75) is 97.9 Å². The van der Waals surface area contributed by atoms with E-state index in [1.165, 1.54) is 0 Å². The molecule has 1 atom stereocenters. The molecule has 0 aliphatic rings. The third kappa shape index (κ3) is 23.7. The molecule has 0 aliphatic carbocycles. The van der Waals surface area contributed by atoms with E-state index in [1.807, 2.05) is 0 Å². The Bertz CT molecular complexity index is 1940. The highest BCUT2D eigenvalue weighted by Crippen LogP contribution is 2.20. The Hall–Kier alpha value is -7.96. The molecule has 0 radical (unpaired) electrons. The van der Waals surface area contributed by atoms with Gasteiger partial charge in [0.2, 0.25) is 35.7 Å². The van der Waals surface area contributed by atoms with Crippen LogP contribution in [0.1, 0.15) is 114 Å². The summed E-state index contributed by atoms with van der Waals surface area (Å²) < 4.78 is 0. The Kier molecular flexibility index (Phi) is 24.1. The molecule has 64 heavy (non-hydrogen) atoms. The van der Waals surface area contributed by atoms with E-state index in [4.69, 9.17) is 61.8 Å². The number of carboxylic acids is 2. The second-order valence-corrected chi connectivity index (χ2v) is 14.0. The number of carbonyl (C=O) groups is 4. The van der Waals surface area contributed by atoms with Gasteiger partial charge in [0.05, 0.1) is 22.8 Å². The molecule has 25 nitrogen and oxygen atoms in total. The highest BCUT2D eigenvalue weighted by molar-refractivity contribution is 6.07. The number of guanidine groups is 4. The standard InChI is InChI=1S/C34H52N18O2.C5H9NO4/c1-19(45-49-31(35)36)23-13-24(20(2)46-50-32(37)38)16-27(15-23)43-29(53)11-9-7-5-6-8-10-12-30(54)44-28-17-25(21(3)47-51-33(39)40)14-26(18-28)22(4)48-52-34(41)42;6-3(5(9)10)1-2-4(7)8/h13-18H,5-12H2,1-4H3,(H,43,53)(H,44,54)(H4,35,36,49)(H4,37,38,50)(H4,39,40,51)(H4,41,42,52);3H,1-2,6H2,(H,7,8)(H,9,10)/b45-19+,46-20+,47-21+,48-22+;/t;3-/m.0/s1. The van der Waals surface area contributed by atoms with Gasteiger partial charge < -0.3 is 72.4 Å². The van der Waals surface area contributed by atoms with Crippen molar-refractivity contribution in [2.75, 3.05) is 10.6 Å². The fraction of sp³-hybridized carbons (Fsp3) is 0.385. The van der Waals surface area contributed by atoms with Gasteiger partial charge in [0.1, 0.15) is 6.04 Å². The Morgan fingerprint density at radius 2 is 0.750 bits per heavy atom. The van der Waals surface area contributed by atoms with E-state index in [0.29, 0.717) is 82.2 Å². The number of anilines is 2. The zero-order valence-electron chi connectivity index (χ0n) is 36.4. The molecule has 0 saturated carbocycles. The number of nitrogens with zero attached hydrogens (tertiary/aromatic N) is 8. The average molecular weight is 892 g/mol. The van der Waals surface area contributed by atoms with Gasteiger partial charge in [0.15, 0.2) is 0 Å². The van der Waals surface area contributed by atoms with Crippen molar-refractivity contribution in [3.05, 3.63) is 58.7 Å². The SMILES string of the molecule is C/C(=N\N=C(N)N)c1cc(NC(=O)CCCCCCCCC(=O)Nc2cc(/C(C)=N/N=C(N)N)cc(/C(C)=N/N=C(N)N)c2)cc(/C(C)=N/N=C(N)N)c1.N[C@@H](CCC(=O)O)C(=O)O. The van der Waals surface area contributed by atoms with Gasteiger partial charge >= 0.3 is 11.9 Å². The number of benzene rings is 2. The minimum Gasteiger partial charge on any atom is -0.481 e. The Balaban J connectivity index is 0.00000181. The zero-order chi connectivity index (χ0) is 48.4. The van der Waals surface area contributed by atoms with E-state index in [0.717, 1.165) is 25.7 Å². The van der Waals surface area contributed by atoms with E-state index in [9.17, 15) is 19.2 Å². The minimum atomic E-state index is -1.17. The Morgan fingerprint density at radius 1 is 0.469 bits per heavy atom. The van der Waals surface area contributed by atoms with E-state index in [2.05, 4.69) is 51.4 Å². The number of aliphatic carboxylic acids is 2. The number of nitrogens with two attached hydrogens (primary N) is 9. The third-order valence-corrected chi connectivity index (χ3v) is 8.41. The first kappa shape index (κ1) is 54.1. The quantitative estimate of drug-likeness (QED) is 0.0315. The highest BCUT2D eigenvalue weighted by Gasteiger charge is 2.13. The van der Waals surface area contributed by atoms with E-state index >= 15 is 0 Å². The van der Waals surface area contributed by atoms with Crippen LogP contribution in [0.2, 0.25) is 0 Å². The smallest absolute Gasteiger partial charge is 0.320 e. The van der Waals surface area contributed by atoms with Gasteiger partial charge in [-0.3, -0.25) is 19.2 Å². The van der Waals surface area contributed by atoms with Crippen molar-refractivity contribution in [1.29, 1.82) is 0 Å². The maximum absolute atomic E-state index is 12.8. The minimum absolute atomic E-state index is 0.0231. The van der Waals surface area contributed by atoms with Gasteiger partial charge in [-0.25, -0.2) is 0 Å². The number of carbonyl (C=O) groups excluding carboxylic acids is 2. The molecule has 0 heterocycles. The maximum Gasteiger partial charge on any atom is 0.320 e. The lowest BCUT2D eigenvalue weighted by atomic mass is 10.0. The molecule has 2 aromatic rings. The van der Waals surface area contributed by atoms with Crippen molar-refractivity contribution in [3.8, 4) is 0 Å². The summed E-state index contributed by atoms with van der Waals surface area (Å²) in [5.74, 6) is -3.22. The van der Waals surface area contributed by atoms with Crippen molar-refractivity contribution in [3.63, 3.8) is 0 Å². The third-order valence-electron chi connectivity index (χ3n) is 8.41. The normalized spacial score (nSPS) is 12.1. The van der Waals surface area contributed by atoms with Gasteiger partial charge in [-0.1, -0.05) is 25.7 Å². The van der Waals surface area contributed by atoms with Crippen LogP contribution in [-0.4, -0.2) is 86.7 Å². The molecular formula is C39H61N19O6. The number of nitrogens with one attached hydrogen (secondary N) is 2. The highest BCUT2D eigenvalue weighted by atomic mass is 16.4. The van der Waals surface area contributed by atoms with E-state index in [1.54, 1.807) is 64.1 Å². The first-order valence-corrected chi connectivity index (χ1v) is 19.7. The Labute approximate surface area is 370 Å². The lowest BCUT2D eigenvalue weighted by Crippen LogP contribution is -2.30. The second kappa shape index (κ2) is 28.5. The van der Waals surface area contributed by atoms with Crippen LogP contribution in [0.5, 0.6) is 0 Å². The molecule has 0 unspecified atom stereocenters. The van der Waals surface area contributed by atoms with Crippen LogP contribution in [0, 0.1) is 0 Å². The van der Waals surface area contributed by atoms with Gasteiger partial charge in [-0.2, -0.15) is 20.4 Å². The van der Waals surface area contributed by atoms with E-state index < -0.39 is 18.0 Å². The molecule has 0 aliphatic heterocycles. The molecule has 0 aromatic heterocycles. The fourth-order valence-corrected chi connectivity index (χ4v) is 5.12. The number of hydrogen-bond acceptors (Lipinski definition) is 13. The lowest BCUT2D eigenvalue weighted by molar-refractivity contribution is -0.140. The summed E-state index contributed by atoms with van der Waals surface area (Å²) in [5.41, 5.74) is 54.0. The van der Waals surface area contributed by atoms with Crippen LogP contribution in [-0.2, 0) is 19.2 Å². The van der Waals surface area contributed by atoms with Crippen molar-refractivity contribution in [1.82, 2.24) is 0 Å². The van der Waals surface area contributed by atoms with Crippen LogP contribution < -0.4 is 62.2 Å². The number of rotatable bonds is 23. The predicted octanol–water partition coefficient (Wildman–Crippen LogP) is 0.637. The maximum atomic E-state index is 12.8. The molecule has 2 rings (SSSR count). The summed E-state index contributed by atoms with van der Waals surface area (Å²) in [4.78, 5) is 45.5. The molecule has 22 N–H and O–H groups in total. The molecule has 2 amide bonds. The summed E-state index contributed by atoms with van der Waals surface area (Å²) >= 11 is 0. The van der Waals surface area contributed by atoms with Crippen LogP contribution in [0.4, 0.5) is 11.4 Å². The summed E-state index contributed by atoms with van der Waals surface area (Å²) in [5, 5.41) is 53.1. The molecule has 348 valence electrons. The molecular weight excluding hydrogens is 831 g/mol. The first-order valence-electron chi connectivity index (χ1n) is 19.7. The predicted molar refractivity (Wildman–Crippen MR) is 252 cm³/mol. The molecule has 0 fully saturated rings. The summed E-state index contributed by atoms with van der Waals surface area (Å²) in [6, 6.07) is 9.59. The monoisotopic (exact) mass is 892 g/mol. The van der Waals surface area contributed by atoms with Crippen molar-refractivity contribution < 1.29 is 29.4 Å². The number of carboxylic acid groups (broad SMARTS) is 2. The fourth-order valence-electron chi connectivity index (χ4n) is 5.12. The number of unbranched alkanes of at least 4 members (excludes halogenated alkanes) is 5. The number of amides is 2. The van der Waals surface area contributed by atoms with Crippen LogP contribution in [0.3, 0.4) is 0 Å². The van der Waals surface area contributed by atoms with Crippen LogP contribution in [0.25, 0.3) is 0 Å². The van der Waals surface area contributed by atoms with Gasteiger partial charge in [-0.05, 0) is 83.4 Å². The average Bonchev–Trinajstić information content (AvgIpc) is 3.22. The number of hydrogen-bond donors (Lipinski definition) is 13. The summed E-state index contributed by atoms with van der Waals surface area (Å²) in [7, 11) is 0. The van der Waals surface area contributed by atoms with Gasteiger partial charge in [0.25, 0.3) is 0 Å². The summed E-state index contributed by atoms with van der Waals surface area (Å²) in [6.07, 6.45) is 5.39. The van der Waals surface area contributed by atoms with Gasteiger partial charge in [0, 0.05) is 52.9 Å². The molecule has 2 aromatic carbocycles. The molecule has 25 heteroatoms. The second-order valence-electron chi connectivity index (χ2n) is 14.0. The van der Waals surface area contributed by atoms with Crippen LogP contribution in [0.15, 0.2) is 77.2 Å². The van der Waals surface area contributed by atoms with Crippen molar-refractivity contribution in [2.24, 2.45) is 92.4 Å². The van der Waals surface area contributed by atoms with E-state index in [-0.39, 0.29) is 48.5 Å². The zero-order valence-corrected chi connectivity index (χ0v) is 36.4.